The molecular weight excluding hydrogens is 136 g/mol. The highest BCUT2D eigenvalue weighted by Gasteiger charge is 2.43. The van der Waals surface area contributed by atoms with E-state index in [1.165, 1.54) is 0 Å². The van der Waals surface area contributed by atoms with Crippen LogP contribution in [0.25, 0.3) is 0 Å². The molecule has 56 valence electrons. The Labute approximate surface area is 57.7 Å². The Bertz CT molecular complexity index is 163. The Kier molecular flexibility index (Phi) is 1.18. The molecule has 1 N–H and O–H groups in total. The van der Waals surface area contributed by atoms with E-state index >= 15 is 0 Å². The summed E-state index contributed by atoms with van der Waals surface area (Å²) in [7, 11) is 0. The van der Waals surface area contributed by atoms with Crippen LogP contribution in [0.2, 0.25) is 0 Å². The molecule has 0 aromatic carbocycles. The molecule has 2 aliphatic rings. The van der Waals surface area contributed by atoms with Crippen LogP contribution in [0.15, 0.2) is 0 Å². The Balaban J connectivity index is 1.97. The number of epoxide rings is 1. The monoisotopic (exact) mass is 144 g/mol. The Morgan fingerprint density at radius 1 is 1.50 bits per heavy atom. The number of carbonyl (C=O) groups is 1. The van der Waals surface area contributed by atoms with E-state index in [-0.39, 0.29) is 12.2 Å². The van der Waals surface area contributed by atoms with Gasteiger partial charge in [0.05, 0.1) is 6.61 Å². The van der Waals surface area contributed by atoms with Crippen LogP contribution >= 0.6 is 0 Å². The first kappa shape index (κ1) is 6.12. The van der Waals surface area contributed by atoms with Gasteiger partial charge in [-0.1, -0.05) is 0 Å². The van der Waals surface area contributed by atoms with Crippen molar-refractivity contribution in [3.63, 3.8) is 0 Å². The predicted molar refractivity (Wildman–Crippen MR) is 30.2 cm³/mol. The summed E-state index contributed by atoms with van der Waals surface area (Å²) >= 11 is 0. The van der Waals surface area contributed by atoms with Gasteiger partial charge in [0, 0.05) is 6.42 Å². The van der Waals surface area contributed by atoms with E-state index in [1.54, 1.807) is 0 Å². The standard InChI is InChI=1S/C6H8O4/c7-3-1-4(5-2-9-5)10-6(3)8/h3-5,7H,1-2H2. The number of ether oxygens (including phenoxy) is 2. The Morgan fingerprint density at radius 3 is 2.60 bits per heavy atom. The maximum Gasteiger partial charge on any atom is 0.335 e. The van der Waals surface area contributed by atoms with Crippen LogP contribution in [-0.4, -0.2) is 36.0 Å². The molecule has 0 saturated carbocycles. The fourth-order valence-corrected chi connectivity index (χ4v) is 1.09. The summed E-state index contributed by atoms with van der Waals surface area (Å²) in [5.74, 6) is -0.513. The first-order chi connectivity index (χ1) is 4.77. The highest BCUT2D eigenvalue weighted by atomic mass is 16.6. The van der Waals surface area contributed by atoms with E-state index in [0.717, 1.165) is 0 Å². The molecule has 2 heterocycles. The van der Waals surface area contributed by atoms with E-state index in [4.69, 9.17) is 14.6 Å². The van der Waals surface area contributed by atoms with Crippen molar-refractivity contribution in [1.29, 1.82) is 0 Å². The van der Waals surface area contributed by atoms with Crippen LogP contribution in [0, 0.1) is 0 Å². The molecule has 3 unspecified atom stereocenters. The average Bonchev–Trinajstić information content (AvgIpc) is 2.64. The van der Waals surface area contributed by atoms with Gasteiger partial charge in [0.15, 0.2) is 6.10 Å². The summed E-state index contributed by atoms with van der Waals surface area (Å²) in [6, 6.07) is 0. The molecule has 0 spiro atoms. The largest absolute Gasteiger partial charge is 0.457 e. The van der Waals surface area contributed by atoms with E-state index in [0.29, 0.717) is 13.0 Å². The highest BCUT2D eigenvalue weighted by molar-refractivity contribution is 5.76. The van der Waals surface area contributed by atoms with Crippen molar-refractivity contribution in [3.8, 4) is 0 Å². The third-order valence-electron chi connectivity index (χ3n) is 1.77. The minimum atomic E-state index is -0.922. The smallest absolute Gasteiger partial charge is 0.335 e. The molecule has 2 saturated heterocycles. The second-order valence-electron chi connectivity index (χ2n) is 2.60. The maximum absolute atomic E-state index is 10.6. The van der Waals surface area contributed by atoms with Crippen molar-refractivity contribution in [3.05, 3.63) is 0 Å². The molecule has 0 amide bonds. The maximum atomic E-state index is 10.6. The van der Waals surface area contributed by atoms with Crippen molar-refractivity contribution < 1.29 is 19.4 Å². The first-order valence-corrected chi connectivity index (χ1v) is 3.27. The molecule has 0 bridgehead atoms. The number of cyclic esters (lactones) is 1. The molecule has 2 rings (SSSR count). The van der Waals surface area contributed by atoms with Crippen LogP contribution < -0.4 is 0 Å². The number of hydrogen-bond donors (Lipinski definition) is 1. The number of hydrogen-bond acceptors (Lipinski definition) is 4. The van der Waals surface area contributed by atoms with E-state index in [9.17, 15) is 4.79 Å². The lowest BCUT2D eigenvalue weighted by molar-refractivity contribution is -0.147. The molecule has 10 heavy (non-hydrogen) atoms. The van der Waals surface area contributed by atoms with Gasteiger partial charge >= 0.3 is 5.97 Å². The van der Waals surface area contributed by atoms with Gasteiger partial charge in [-0.15, -0.1) is 0 Å². The lowest BCUT2D eigenvalue weighted by atomic mass is 10.2. The van der Waals surface area contributed by atoms with Gasteiger partial charge in [-0.2, -0.15) is 0 Å². The Hall–Kier alpha value is -0.610. The van der Waals surface area contributed by atoms with Gasteiger partial charge in [0.2, 0.25) is 0 Å². The summed E-state index contributed by atoms with van der Waals surface area (Å²) in [5.41, 5.74) is 0. The summed E-state index contributed by atoms with van der Waals surface area (Å²) < 4.78 is 9.68. The van der Waals surface area contributed by atoms with Gasteiger partial charge in [0.25, 0.3) is 0 Å². The molecule has 2 fully saturated rings. The second kappa shape index (κ2) is 1.93. The van der Waals surface area contributed by atoms with Crippen LogP contribution in [-0.2, 0) is 14.3 Å². The SMILES string of the molecule is O=C1OC(C2CO2)CC1O. The number of aliphatic hydroxyl groups excluding tert-OH is 1. The lowest BCUT2D eigenvalue weighted by Gasteiger charge is -2.01. The number of carbonyl (C=O) groups excluding carboxylic acids is 1. The van der Waals surface area contributed by atoms with E-state index in [1.807, 2.05) is 0 Å². The molecule has 4 heteroatoms. The predicted octanol–water partition coefficient (Wildman–Crippen LogP) is -0.938. The Morgan fingerprint density at radius 2 is 2.20 bits per heavy atom. The van der Waals surface area contributed by atoms with Gasteiger partial charge in [-0.3, -0.25) is 0 Å². The van der Waals surface area contributed by atoms with Crippen LogP contribution in [0.5, 0.6) is 0 Å². The van der Waals surface area contributed by atoms with Crippen molar-refractivity contribution in [1.82, 2.24) is 0 Å². The van der Waals surface area contributed by atoms with Crippen LogP contribution in [0.4, 0.5) is 0 Å². The summed E-state index contributed by atoms with van der Waals surface area (Å²) in [4.78, 5) is 10.6. The van der Waals surface area contributed by atoms with Crippen molar-refractivity contribution in [2.75, 3.05) is 6.61 Å². The minimum Gasteiger partial charge on any atom is -0.457 e. The second-order valence-corrected chi connectivity index (χ2v) is 2.60. The van der Waals surface area contributed by atoms with Crippen molar-refractivity contribution in [2.45, 2.75) is 24.7 Å². The summed E-state index contributed by atoms with van der Waals surface area (Å²) in [5, 5.41) is 8.91. The fraction of sp³-hybridized carbons (Fsp3) is 0.833. The highest BCUT2D eigenvalue weighted by Crippen LogP contribution is 2.26. The molecule has 4 nitrogen and oxygen atoms in total. The zero-order valence-corrected chi connectivity index (χ0v) is 5.32. The molecule has 2 aliphatic heterocycles. The van der Waals surface area contributed by atoms with Crippen molar-refractivity contribution >= 4 is 5.97 Å². The summed E-state index contributed by atoms with van der Waals surface area (Å²) in [6.45, 7) is 0.657. The fourth-order valence-electron chi connectivity index (χ4n) is 1.09. The molecule has 0 radical (unpaired) electrons. The molecule has 0 aliphatic carbocycles. The number of rotatable bonds is 1. The van der Waals surface area contributed by atoms with Crippen LogP contribution in [0.3, 0.4) is 0 Å². The van der Waals surface area contributed by atoms with Gasteiger partial charge in [-0.25, -0.2) is 4.79 Å². The third kappa shape index (κ3) is 0.892. The zero-order valence-electron chi connectivity index (χ0n) is 5.32. The molecule has 3 atom stereocenters. The van der Waals surface area contributed by atoms with Crippen molar-refractivity contribution in [2.24, 2.45) is 0 Å². The van der Waals surface area contributed by atoms with Gasteiger partial charge < -0.3 is 14.6 Å². The molecular formula is C6H8O4. The molecule has 0 aromatic rings. The van der Waals surface area contributed by atoms with Gasteiger partial charge in [0.1, 0.15) is 12.2 Å². The van der Waals surface area contributed by atoms with Gasteiger partial charge in [-0.05, 0) is 0 Å². The normalized spacial score (nSPS) is 45.3. The summed E-state index contributed by atoms with van der Waals surface area (Å²) in [6.07, 6.45) is -0.665. The zero-order chi connectivity index (χ0) is 7.14. The minimum absolute atomic E-state index is 0.0566. The average molecular weight is 144 g/mol. The number of aliphatic hydroxyl groups is 1. The lowest BCUT2D eigenvalue weighted by Crippen LogP contribution is -2.13. The quantitative estimate of drug-likeness (QED) is 0.381. The van der Waals surface area contributed by atoms with E-state index < -0.39 is 12.1 Å². The topological polar surface area (TPSA) is 59.1 Å². The first-order valence-electron chi connectivity index (χ1n) is 3.27. The molecule has 0 aromatic heterocycles. The number of esters is 1. The van der Waals surface area contributed by atoms with E-state index in [2.05, 4.69) is 0 Å². The third-order valence-corrected chi connectivity index (χ3v) is 1.77. The van der Waals surface area contributed by atoms with Crippen LogP contribution in [0.1, 0.15) is 6.42 Å².